The number of aryl methyl sites for hydroxylation is 2. The summed E-state index contributed by atoms with van der Waals surface area (Å²) >= 11 is 0. The monoisotopic (exact) mass is 328 g/mol. The molecular formula is C18H20N2O4. The maximum Gasteiger partial charge on any atom is 0.469 e. The molecule has 0 saturated carbocycles. The van der Waals surface area contributed by atoms with Crippen molar-refractivity contribution in [2.45, 2.75) is 26.8 Å². The normalized spacial score (nSPS) is 10.5. The quantitative estimate of drug-likeness (QED) is 0.613. The van der Waals surface area contributed by atoms with Crippen LogP contribution in [0.25, 0.3) is 0 Å². The smallest absolute Gasteiger partial charge is 0.446 e. The van der Waals surface area contributed by atoms with Gasteiger partial charge in [-0.25, -0.2) is 14.9 Å². The summed E-state index contributed by atoms with van der Waals surface area (Å²) in [7, 11) is 0. The van der Waals surface area contributed by atoms with Crippen molar-refractivity contribution in [3.8, 4) is 0 Å². The highest BCUT2D eigenvalue weighted by molar-refractivity contribution is 5.67. The summed E-state index contributed by atoms with van der Waals surface area (Å²) in [5.74, 6) is 0. The van der Waals surface area contributed by atoms with Gasteiger partial charge in [0.1, 0.15) is 0 Å². The fourth-order valence-electron chi connectivity index (χ4n) is 2.43. The van der Waals surface area contributed by atoms with Crippen molar-refractivity contribution in [1.82, 2.24) is 5.01 Å². The minimum atomic E-state index is -0.978. The zero-order chi connectivity index (χ0) is 17.7. The molecule has 0 aromatic heterocycles. The number of carbonyl (C=O) groups excluding carboxylic acids is 1. The second kappa shape index (κ2) is 7.59. The lowest BCUT2D eigenvalue weighted by molar-refractivity contribution is -0.643. The minimum absolute atomic E-state index is 0.0672. The Hall–Kier alpha value is -2.89. The average molecular weight is 328 g/mol. The maximum absolute atomic E-state index is 12.2. The van der Waals surface area contributed by atoms with Crippen molar-refractivity contribution in [2.24, 2.45) is 0 Å². The van der Waals surface area contributed by atoms with Crippen molar-refractivity contribution < 1.29 is 14.6 Å². The number of nitro groups is 1. The first-order valence-corrected chi connectivity index (χ1v) is 7.67. The second-order valence-corrected chi connectivity index (χ2v) is 5.51. The molecule has 2 aromatic carbocycles. The molecule has 0 radical (unpaired) electrons. The van der Waals surface area contributed by atoms with Crippen LogP contribution in [0.2, 0.25) is 0 Å². The molecule has 0 heterocycles. The summed E-state index contributed by atoms with van der Waals surface area (Å²) in [5, 5.41) is 11.4. The Morgan fingerprint density at radius 1 is 1.04 bits per heavy atom. The van der Waals surface area contributed by atoms with Gasteiger partial charge in [-0.15, -0.1) is 0 Å². The highest BCUT2D eigenvalue weighted by atomic mass is 16.7. The van der Waals surface area contributed by atoms with Crippen molar-refractivity contribution in [3.63, 3.8) is 0 Å². The number of hydrogen-bond acceptors (Lipinski definition) is 4. The molecular weight excluding hydrogens is 308 g/mol. The molecule has 24 heavy (non-hydrogen) atoms. The first kappa shape index (κ1) is 17.5. The molecule has 126 valence electrons. The van der Waals surface area contributed by atoms with Crippen LogP contribution in [0.3, 0.4) is 0 Å². The van der Waals surface area contributed by atoms with E-state index < -0.39 is 17.2 Å². The van der Waals surface area contributed by atoms with E-state index in [1.807, 2.05) is 38.1 Å². The molecule has 2 aromatic rings. The number of amides is 1. The molecule has 6 heteroatoms. The third kappa shape index (κ3) is 3.90. The lowest BCUT2D eigenvalue weighted by Crippen LogP contribution is -2.40. The summed E-state index contributed by atoms with van der Waals surface area (Å²) in [6, 6.07) is 13.7. The Bertz CT molecular complexity index is 665. The summed E-state index contributed by atoms with van der Waals surface area (Å²) in [4.78, 5) is 23.7. The Balaban J connectivity index is 2.55. The second-order valence-electron chi connectivity index (χ2n) is 5.51. The van der Waals surface area contributed by atoms with Gasteiger partial charge in [-0.05, 0) is 36.9 Å². The van der Waals surface area contributed by atoms with Gasteiger partial charge in [0.15, 0.2) is 11.1 Å². The number of ether oxygens (including phenoxy) is 1. The summed E-state index contributed by atoms with van der Waals surface area (Å²) in [6.45, 7) is 5.54. The summed E-state index contributed by atoms with van der Waals surface area (Å²) in [5.41, 5.74) is 3.36. The van der Waals surface area contributed by atoms with E-state index in [2.05, 4.69) is 0 Å². The maximum atomic E-state index is 12.2. The van der Waals surface area contributed by atoms with Crippen molar-refractivity contribution >= 4 is 6.09 Å². The molecule has 0 N–H and O–H groups in total. The first-order chi connectivity index (χ1) is 11.4. The average Bonchev–Trinajstić information content (AvgIpc) is 2.54. The van der Waals surface area contributed by atoms with Crippen LogP contribution < -0.4 is 0 Å². The molecule has 0 saturated heterocycles. The zero-order valence-corrected chi connectivity index (χ0v) is 13.9. The van der Waals surface area contributed by atoms with E-state index in [-0.39, 0.29) is 6.61 Å². The third-order valence-corrected chi connectivity index (χ3v) is 3.66. The third-order valence-electron chi connectivity index (χ3n) is 3.66. The van der Waals surface area contributed by atoms with E-state index in [0.717, 1.165) is 11.1 Å². The Morgan fingerprint density at radius 2 is 1.46 bits per heavy atom. The van der Waals surface area contributed by atoms with Gasteiger partial charge in [-0.1, -0.05) is 59.7 Å². The van der Waals surface area contributed by atoms with Gasteiger partial charge < -0.3 is 4.74 Å². The van der Waals surface area contributed by atoms with Crippen LogP contribution in [0.4, 0.5) is 4.79 Å². The van der Waals surface area contributed by atoms with Crippen LogP contribution in [0, 0.1) is 24.0 Å². The Morgan fingerprint density at radius 3 is 1.79 bits per heavy atom. The molecule has 0 bridgehead atoms. The van der Waals surface area contributed by atoms with E-state index in [4.69, 9.17) is 4.74 Å². The molecule has 0 aliphatic carbocycles. The van der Waals surface area contributed by atoms with Crippen LogP contribution in [-0.2, 0) is 4.74 Å². The SMILES string of the molecule is CCOC(=O)N(C(c1ccc(C)cc1)c1ccc(C)cc1)[N+](=O)[O-]. The minimum Gasteiger partial charge on any atom is -0.446 e. The predicted molar refractivity (Wildman–Crippen MR) is 90.1 cm³/mol. The van der Waals surface area contributed by atoms with Crippen molar-refractivity contribution in [3.05, 3.63) is 80.9 Å². The van der Waals surface area contributed by atoms with Gasteiger partial charge >= 0.3 is 6.09 Å². The Kier molecular flexibility index (Phi) is 5.52. The highest BCUT2D eigenvalue weighted by Crippen LogP contribution is 2.30. The van der Waals surface area contributed by atoms with Gasteiger partial charge in [-0.3, -0.25) is 0 Å². The van der Waals surface area contributed by atoms with Crippen molar-refractivity contribution in [2.75, 3.05) is 6.61 Å². The largest absolute Gasteiger partial charge is 0.469 e. The van der Waals surface area contributed by atoms with E-state index in [1.165, 1.54) is 0 Å². The van der Waals surface area contributed by atoms with E-state index in [0.29, 0.717) is 16.1 Å². The molecule has 2 rings (SSSR count). The van der Waals surface area contributed by atoms with Crippen LogP contribution in [0.1, 0.15) is 35.2 Å². The van der Waals surface area contributed by atoms with E-state index >= 15 is 0 Å². The number of hydrazine groups is 1. The molecule has 0 aliphatic rings. The number of benzene rings is 2. The number of rotatable bonds is 5. The van der Waals surface area contributed by atoms with E-state index in [9.17, 15) is 14.9 Å². The highest BCUT2D eigenvalue weighted by Gasteiger charge is 2.37. The molecule has 0 fully saturated rings. The number of carbonyl (C=O) groups is 1. The number of hydrogen-bond donors (Lipinski definition) is 0. The van der Waals surface area contributed by atoms with Crippen molar-refractivity contribution in [1.29, 1.82) is 0 Å². The zero-order valence-electron chi connectivity index (χ0n) is 13.9. The summed E-state index contributed by atoms with van der Waals surface area (Å²) in [6.07, 6.45) is -0.978. The molecule has 0 unspecified atom stereocenters. The predicted octanol–water partition coefficient (Wildman–Crippen LogP) is 4.04. The lowest BCUT2D eigenvalue weighted by atomic mass is 9.96. The molecule has 0 aliphatic heterocycles. The number of nitrogens with zero attached hydrogens (tertiary/aromatic N) is 2. The van der Waals surface area contributed by atoms with Crippen LogP contribution in [0.15, 0.2) is 48.5 Å². The summed E-state index contributed by atoms with van der Waals surface area (Å²) < 4.78 is 4.88. The van der Waals surface area contributed by atoms with Crippen LogP contribution >= 0.6 is 0 Å². The fraction of sp³-hybridized carbons (Fsp3) is 0.278. The lowest BCUT2D eigenvalue weighted by Gasteiger charge is -2.23. The van der Waals surface area contributed by atoms with Gasteiger partial charge in [0.25, 0.3) is 0 Å². The molecule has 6 nitrogen and oxygen atoms in total. The van der Waals surface area contributed by atoms with Gasteiger partial charge in [0.05, 0.1) is 6.61 Å². The Labute approximate surface area is 140 Å². The first-order valence-electron chi connectivity index (χ1n) is 7.67. The van der Waals surface area contributed by atoms with Gasteiger partial charge in [-0.2, -0.15) is 0 Å². The molecule has 0 spiro atoms. The van der Waals surface area contributed by atoms with Crippen LogP contribution in [-0.4, -0.2) is 22.7 Å². The standard InChI is InChI=1S/C18H20N2O4/c1-4-24-18(21)19(20(22)23)17(15-9-5-13(2)6-10-15)16-11-7-14(3)8-12-16/h5-12,17H,4H2,1-3H3. The molecule has 0 atom stereocenters. The topological polar surface area (TPSA) is 72.7 Å². The van der Waals surface area contributed by atoms with E-state index in [1.54, 1.807) is 31.2 Å². The van der Waals surface area contributed by atoms with Gasteiger partial charge in [0.2, 0.25) is 0 Å². The van der Waals surface area contributed by atoms with Crippen LogP contribution in [0.5, 0.6) is 0 Å². The fourth-order valence-corrected chi connectivity index (χ4v) is 2.43. The molecule has 1 amide bonds. The van der Waals surface area contributed by atoms with Gasteiger partial charge in [0, 0.05) is 0 Å².